The SMILES string of the molecule is CC(=O)NCCCc1ccc(-c2csc(NC(=O)CCOc3cc(C)ccc3C)n2)cc1. The highest BCUT2D eigenvalue weighted by molar-refractivity contribution is 7.14. The van der Waals surface area contributed by atoms with Crippen molar-refractivity contribution in [2.45, 2.75) is 40.0 Å². The van der Waals surface area contributed by atoms with E-state index >= 15 is 0 Å². The molecular formula is C25H29N3O3S. The fourth-order valence-electron chi connectivity index (χ4n) is 3.16. The average Bonchev–Trinajstić information content (AvgIpc) is 3.22. The van der Waals surface area contributed by atoms with Gasteiger partial charge in [-0.05, 0) is 49.4 Å². The molecule has 2 amide bonds. The summed E-state index contributed by atoms with van der Waals surface area (Å²) in [5.41, 5.74) is 5.24. The number of ether oxygens (including phenoxy) is 1. The van der Waals surface area contributed by atoms with Gasteiger partial charge in [-0.25, -0.2) is 4.98 Å². The number of nitrogens with zero attached hydrogens (tertiary/aromatic N) is 1. The van der Waals surface area contributed by atoms with Crippen LogP contribution in [0.5, 0.6) is 5.75 Å². The number of carbonyl (C=O) groups is 2. The number of amides is 2. The number of hydrogen-bond acceptors (Lipinski definition) is 5. The Morgan fingerprint density at radius 2 is 1.88 bits per heavy atom. The lowest BCUT2D eigenvalue weighted by atomic mass is 10.1. The third-order valence-electron chi connectivity index (χ3n) is 4.95. The van der Waals surface area contributed by atoms with E-state index in [2.05, 4.69) is 27.8 Å². The van der Waals surface area contributed by atoms with Crippen molar-refractivity contribution >= 4 is 28.3 Å². The standard InChI is InChI=1S/C25H29N3O3S/c1-17-6-7-18(2)23(15-17)31-14-12-24(30)28-25-27-22(16-32-25)21-10-8-20(9-11-21)5-4-13-26-19(3)29/h6-11,15-16H,4-5,12-14H2,1-3H3,(H,26,29)(H,27,28,30). The molecule has 0 atom stereocenters. The second-order valence-electron chi connectivity index (χ2n) is 7.74. The molecule has 2 N–H and O–H groups in total. The molecule has 0 saturated heterocycles. The van der Waals surface area contributed by atoms with E-state index in [4.69, 9.17) is 4.74 Å². The van der Waals surface area contributed by atoms with E-state index in [1.807, 2.05) is 49.6 Å². The van der Waals surface area contributed by atoms with Crippen LogP contribution in [0.3, 0.4) is 0 Å². The maximum atomic E-state index is 12.3. The molecule has 0 aliphatic heterocycles. The largest absolute Gasteiger partial charge is 0.493 e. The smallest absolute Gasteiger partial charge is 0.229 e. The molecule has 168 valence electrons. The van der Waals surface area contributed by atoms with Crippen LogP contribution in [0.25, 0.3) is 11.3 Å². The molecule has 0 aliphatic rings. The zero-order valence-corrected chi connectivity index (χ0v) is 19.6. The number of hydrogen-bond donors (Lipinski definition) is 2. The molecule has 0 spiro atoms. The second-order valence-corrected chi connectivity index (χ2v) is 8.60. The van der Waals surface area contributed by atoms with Crippen LogP contribution >= 0.6 is 11.3 Å². The van der Waals surface area contributed by atoms with Crippen molar-refractivity contribution in [3.05, 3.63) is 64.5 Å². The monoisotopic (exact) mass is 451 g/mol. The van der Waals surface area contributed by atoms with Crippen LogP contribution in [0.15, 0.2) is 47.8 Å². The average molecular weight is 452 g/mol. The van der Waals surface area contributed by atoms with Gasteiger partial charge in [0.2, 0.25) is 11.8 Å². The van der Waals surface area contributed by atoms with Crippen LogP contribution in [-0.4, -0.2) is 29.9 Å². The van der Waals surface area contributed by atoms with Crippen molar-refractivity contribution in [2.24, 2.45) is 0 Å². The molecule has 1 heterocycles. The van der Waals surface area contributed by atoms with Gasteiger partial charge in [0.05, 0.1) is 18.7 Å². The maximum absolute atomic E-state index is 12.3. The Morgan fingerprint density at radius 3 is 2.62 bits per heavy atom. The zero-order valence-electron chi connectivity index (χ0n) is 18.7. The Balaban J connectivity index is 1.46. The van der Waals surface area contributed by atoms with Gasteiger partial charge in [-0.15, -0.1) is 11.3 Å². The molecule has 0 fully saturated rings. The fraction of sp³-hybridized carbons (Fsp3) is 0.320. The lowest BCUT2D eigenvalue weighted by Gasteiger charge is -2.09. The van der Waals surface area contributed by atoms with Crippen molar-refractivity contribution in [1.82, 2.24) is 10.3 Å². The number of nitrogens with one attached hydrogen (secondary N) is 2. The predicted octanol–water partition coefficient (Wildman–Crippen LogP) is 4.90. The van der Waals surface area contributed by atoms with Gasteiger partial charge in [0, 0.05) is 24.4 Å². The zero-order chi connectivity index (χ0) is 22.9. The van der Waals surface area contributed by atoms with E-state index in [1.54, 1.807) is 0 Å². The summed E-state index contributed by atoms with van der Waals surface area (Å²) in [5, 5.41) is 8.18. The van der Waals surface area contributed by atoms with Crippen LogP contribution in [-0.2, 0) is 16.0 Å². The van der Waals surface area contributed by atoms with Gasteiger partial charge in [-0.3, -0.25) is 9.59 Å². The minimum Gasteiger partial charge on any atom is -0.493 e. The van der Waals surface area contributed by atoms with E-state index in [9.17, 15) is 9.59 Å². The number of carbonyl (C=O) groups excluding carboxylic acids is 2. The minimum atomic E-state index is -0.120. The Kier molecular flexibility index (Phi) is 8.39. The molecule has 2 aromatic carbocycles. The molecule has 0 unspecified atom stereocenters. The summed E-state index contributed by atoms with van der Waals surface area (Å²) < 4.78 is 5.76. The number of aryl methyl sites for hydroxylation is 3. The van der Waals surface area contributed by atoms with Gasteiger partial charge in [0.15, 0.2) is 5.13 Å². The lowest BCUT2D eigenvalue weighted by Crippen LogP contribution is -2.21. The van der Waals surface area contributed by atoms with Crippen LogP contribution in [0.1, 0.15) is 36.5 Å². The summed E-state index contributed by atoms with van der Waals surface area (Å²) in [7, 11) is 0. The van der Waals surface area contributed by atoms with Gasteiger partial charge in [0.25, 0.3) is 0 Å². The maximum Gasteiger partial charge on any atom is 0.229 e. The summed E-state index contributed by atoms with van der Waals surface area (Å²) in [6, 6.07) is 14.3. The third-order valence-corrected chi connectivity index (χ3v) is 5.70. The molecule has 0 radical (unpaired) electrons. The molecule has 0 aliphatic carbocycles. The Hall–Kier alpha value is -3.19. The molecule has 32 heavy (non-hydrogen) atoms. The van der Waals surface area contributed by atoms with Gasteiger partial charge in [-0.2, -0.15) is 0 Å². The summed E-state index contributed by atoms with van der Waals surface area (Å²) in [6.07, 6.45) is 2.07. The molecule has 3 aromatic rings. The van der Waals surface area contributed by atoms with Gasteiger partial charge < -0.3 is 15.4 Å². The molecule has 6 nitrogen and oxygen atoms in total. The summed E-state index contributed by atoms with van der Waals surface area (Å²) in [4.78, 5) is 27.7. The molecule has 0 bridgehead atoms. The van der Waals surface area contributed by atoms with E-state index < -0.39 is 0 Å². The summed E-state index contributed by atoms with van der Waals surface area (Å²) >= 11 is 1.41. The first-order valence-corrected chi connectivity index (χ1v) is 11.6. The van der Waals surface area contributed by atoms with Crippen molar-refractivity contribution in [3.8, 4) is 17.0 Å². The van der Waals surface area contributed by atoms with E-state index in [0.717, 1.165) is 41.0 Å². The molecule has 7 heteroatoms. The molecule has 0 saturated carbocycles. The quantitative estimate of drug-likeness (QED) is 0.430. The van der Waals surface area contributed by atoms with Crippen LogP contribution < -0.4 is 15.4 Å². The second kappa shape index (κ2) is 11.4. The number of thiazole rings is 1. The first-order valence-electron chi connectivity index (χ1n) is 10.7. The van der Waals surface area contributed by atoms with Crippen molar-refractivity contribution < 1.29 is 14.3 Å². The molecule has 3 rings (SSSR count). The number of rotatable bonds is 10. The lowest BCUT2D eigenvalue weighted by molar-refractivity contribution is -0.119. The van der Waals surface area contributed by atoms with Crippen LogP contribution in [0, 0.1) is 13.8 Å². The van der Waals surface area contributed by atoms with Gasteiger partial charge in [-0.1, -0.05) is 36.4 Å². The third kappa shape index (κ3) is 7.20. The minimum absolute atomic E-state index is 0.000627. The number of anilines is 1. The summed E-state index contributed by atoms with van der Waals surface area (Å²) in [6.45, 7) is 6.53. The topological polar surface area (TPSA) is 80.3 Å². The van der Waals surface area contributed by atoms with Crippen LogP contribution in [0.4, 0.5) is 5.13 Å². The van der Waals surface area contributed by atoms with E-state index in [1.165, 1.54) is 23.8 Å². The van der Waals surface area contributed by atoms with Gasteiger partial charge >= 0.3 is 0 Å². The summed E-state index contributed by atoms with van der Waals surface area (Å²) in [5.74, 6) is 0.694. The number of benzene rings is 2. The highest BCUT2D eigenvalue weighted by Gasteiger charge is 2.09. The first kappa shape index (κ1) is 23.5. The highest BCUT2D eigenvalue weighted by Crippen LogP contribution is 2.25. The Labute approximate surface area is 193 Å². The highest BCUT2D eigenvalue weighted by atomic mass is 32.1. The Morgan fingerprint density at radius 1 is 1.09 bits per heavy atom. The first-order chi connectivity index (χ1) is 15.4. The number of aromatic nitrogens is 1. The van der Waals surface area contributed by atoms with Crippen LogP contribution in [0.2, 0.25) is 0 Å². The van der Waals surface area contributed by atoms with Crippen molar-refractivity contribution in [2.75, 3.05) is 18.5 Å². The van der Waals surface area contributed by atoms with Gasteiger partial charge in [0.1, 0.15) is 5.75 Å². The Bertz CT molecular complexity index is 1060. The van der Waals surface area contributed by atoms with Crippen molar-refractivity contribution in [3.63, 3.8) is 0 Å². The predicted molar refractivity (Wildman–Crippen MR) is 129 cm³/mol. The molecule has 1 aromatic heterocycles. The normalized spacial score (nSPS) is 10.6. The van der Waals surface area contributed by atoms with E-state index in [-0.39, 0.29) is 18.2 Å². The molecular weight excluding hydrogens is 422 g/mol. The van der Waals surface area contributed by atoms with E-state index in [0.29, 0.717) is 18.3 Å². The van der Waals surface area contributed by atoms with Crippen molar-refractivity contribution in [1.29, 1.82) is 0 Å². The fourth-order valence-corrected chi connectivity index (χ4v) is 3.90.